The van der Waals surface area contributed by atoms with Crippen LogP contribution in [0, 0.1) is 5.92 Å². The zero-order chi connectivity index (χ0) is 12.4. The summed E-state index contributed by atoms with van der Waals surface area (Å²) in [5.41, 5.74) is 0.667. The van der Waals surface area contributed by atoms with E-state index in [1.165, 1.54) is 0 Å². The highest BCUT2D eigenvalue weighted by Crippen LogP contribution is 2.27. The van der Waals surface area contributed by atoms with Crippen LogP contribution >= 0.6 is 12.6 Å². The number of thiol groups is 1. The fourth-order valence-corrected chi connectivity index (χ4v) is 2.40. The predicted molar refractivity (Wildman–Crippen MR) is 69.4 cm³/mol. The fraction of sp³-hybridized carbons (Fsp3) is 0.462. The molecule has 1 aliphatic rings. The summed E-state index contributed by atoms with van der Waals surface area (Å²) < 4.78 is 0. The maximum absolute atomic E-state index is 12.1. The van der Waals surface area contributed by atoms with E-state index in [0.717, 1.165) is 17.7 Å². The van der Waals surface area contributed by atoms with Gasteiger partial charge in [0.2, 0.25) is 0 Å². The molecule has 1 aromatic carbocycles. The molecule has 17 heavy (non-hydrogen) atoms. The van der Waals surface area contributed by atoms with Gasteiger partial charge in [0.1, 0.15) is 0 Å². The molecule has 2 rings (SSSR count). The number of amides is 1. The van der Waals surface area contributed by atoms with Crippen LogP contribution in [-0.4, -0.2) is 35.6 Å². The molecule has 3 nitrogen and oxygen atoms in total. The Hall–Kier alpha value is -1.00. The second kappa shape index (κ2) is 5.10. The Bertz CT molecular complexity index is 416. The Labute approximate surface area is 107 Å². The molecule has 0 aromatic heterocycles. The van der Waals surface area contributed by atoms with Crippen LogP contribution in [0.4, 0.5) is 0 Å². The van der Waals surface area contributed by atoms with Crippen molar-refractivity contribution in [2.75, 3.05) is 13.6 Å². The van der Waals surface area contributed by atoms with E-state index in [2.05, 4.69) is 12.6 Å². The first kappa shape index (κ1) is 12.5. The van der Waals surface area contributed by atoms with Crippen LogP contribution in [0.3, 0.4) is 0 Å². The van der Waals surface area contributed by atoms with Crippen LogP contribution in [-0.2, 0) is 0 Å². The van der Waals surface area contributed by atoms with Crippen molar-refractivity contribution in [1.29, 1.82) is 0 Å². The number of hydrogen-bond donors (Lipinski definition) is 2. The molecule has 1 aliphatic carbocycles. The summed E-state index contributed by atoms with van der Waals surface area (Å²) in [7, 11) is 1.80. The van der Waals surface area contributed by atoms with Gasteiger partial charge in [-0.1, -0.05) is 6.07 Å². The molecule has 0 unspecified atom stereocenters. The van der Waals surface area contributed by atoms with Crippen molar-refractivity contribution in [3.63, 3.8) is 0 Å². The molecule has 1 N–H and O–H groups in total. The third-order valence-electron chi connectivity index (χ3n) is 3.18. The normalized spacial score (nSPS) is 23.0. The topological polar surface area (TPSA) is 40.5 Å². The summed E-state index contributed by atoms with van der Waals surface area (Å²) in [5.74, 6) is 0.459. The second-order valence-corrected chi connectivity index (χ2v) is 5.24. The van der Waals surface area contributed by atoms with Crippen molar-refractivity contribution < 1.29 is 9.90 Å². The summed E-state index contributed by atoms with van der Waals surface area (Å²) in [6.45, 7) is 0.715. The van der Waals surface area contributed by atoms with Gasteiger partial charge in [-0.2, -0.15) is 0 Å². The van der Waals surface area contributed by atoms with Crippen molar-refractivity contribution in [3.8, 4) is 0 Å². The lowest BCUT2D eigenvalue weighted by Crippen LogP contribution is -2.39. The molecular weight excluding hydrogens is 234 g/mol. The lowest BCUT2D eigenvalue weighted by molar-refractivity contribution is 0.0265. The second-order valence-electron chi connectivity index (χ2n) is 4.73. The van der Waals surface area contributed by atoms with Gasteiger partial charge in [0.15, 0.2) is 0 Å². The lowest BCUT2D eigenvalue weighted by Gasteiger charge is -2.34. The first-order valence-corrected chi connectivity index (χ1v) is 6.23. The Balaban J connectivity index is 1.95. The average Bonchev–Trinajstić information content (AvgIpc) is 2.26. The van der Waals surface area contributed by atoms with Crippen molar-refractivity contribution in [1.82, 2.24) is 4.90 Å². The van der Waals surface area contributed by atoms with Gasteiger partial charge in [-0.05, 0) is 37.0 Å². The minimum Gasteiger partial charge on any atom is -0.393 e. The minimum absolute atomic E-state index is 0.0160. The molecule has 4 heteroatoms. The van der Waals surface area contributed by atoms with Gasteiger partial charge in [0, 0.05) is 24.1 Å². The van der Waals surface area contributed by atoms with Crippen LogP contribution in [0.15, 0.2) is 29.2 Å². The van der Waals surface area contributed by atoms with E-state index in [-0.39, 0.29) is 12.0 Å². The third-order valence-corrected chi connectivity index (χ3v) is 3.46. The van der Waals surface area contributed by atoms with Crippen molar-refractivity contribution in [2.24, 2.45) is 5.92 Å². The van der Waals surface area contributed by atoms with Gasteiger partial charge in [-0.3, -0.25) is 4.79 Å². The average molecular weight is 251 g/mol. The van der Waals surface area contributed by atoms with E-state index in [4.69, 9.17) is 0 Å². The van der Waals surface area contributed by atoms with Crippen LogP contribution < -0.4 is 0 Å². The van der Waals surface area contributed by atoms with Gasteiger partial charge in [0.05, 0.1) is 6.10 Å². The predicted octanol–water partition coefficient (Wildman–Crippen LogP) is 1.82. The number of aliphatic hydroxyl groups is 1. The molecule has 0 radical (unpaired) electrons. The minimum atomic E-state index is -0.163. The first-order chi connectivity index (χ1) is 8.06. The highest BCUT2D eigenvalue weighted by Gasteiger charge is 2.29. The maximum Gasteiger partial charge on any atom is 0.253 e. The molecule has 0 saturated heterocycles. The van der Waals surface area contributed by atoms with E-state index in [1.807, 2.05) is 12.1 Å². The van der Waals surface area contributed by atoms with Crippen LogP contribution in [0.5, 0.6) is 0 Å². The number of nitrogens with zero attached hydrogens (tertiary/aromatic N) is 1. The van der Waals surface area contributed by atoms with Crippen LogP contribution in [0.2, 0.25) is 0 Å². The standard InChI is InChI=1S/C13H17NO2S/c1-14(8-9-5-11(15)6-9)13(16)10-3-2-4-12(17)7-10/h2-4,7,9,11,15,17H,5-6,8H2,1H3. The molecule has 1 aromatic rings. The summed E-state index contributed by atoms with van der Waals surface area (Å²) in [4.78, 5) is 14.6. The molecule has 0 bridgehead atoms. The molecule has 0 atom stereocenters. The van der Waals surface area contributed by atoms with Crippen LogP contribution in [0.1, 0.15) is 23.2 Å². The highest BCUT2D eigenvalue weighted by molar-refractivity contribution is 7.80. The molecule has 0 aliphatic heterocycles. The van der Waals surface area contributed by atoms with Crippen molar-refractivity contribution in [3.05, 3.63) is 29.8 Å². The van der Waals surface area contributed by atoms with Gasteiger partial charge < -0.3 is 10.0 Å². The summed E-state index contributed by atoms with van der Waals surface area (Å²) in [6.07, 6.45) is 1.46. The number of hydrogen-bond acceptors (Lipinski definition) is 3. The summed E-state index contributed by atoms with van der Waals surface area (Å²) >= 11 is 4.22. The molecule has 1 saturated carbocycles. The molecule has 1 amide bonds. The number of carbonyl (C=O) groups is 1. The maximum atomic E-state index is 12.1. The Morgan fingerprint density at radius 1 is 1.53 bits per heavy atom. The number of carbonyl (C=O) groups excluding carboxylic acids is 1. The Kier molecular flexibility index (Phi) is 3.74. The highest BCUT2D eigenvalue weighted by atomic mass is 32.1. The van der Waals surface area contributed by atoms with Gasteiger partial charge >= 0.3 is 0 Å². The van der Waals surface area contributed by atoms with Crippen molar-refractivity contribution >= 4 is 18.5 Å². The molecule has 0 spiro atoms. The fourth-order valence-electron chi connectivity index (χ4n) is 2.18. The summed E-state index contributed by atoms with van der Waals surface area (Å²) in [6, 6.07) is 7.25. The van der Waals surface area contributed by atoms with Gasteiger partial charge in [-0.15, -0.1) is 12.6 Å². The molecular formula is C13H17NO2S. The van der Waals surface area contributed by atoms with Gasteiger partial charge in [-0.25, -0.2) is 0 Å². The van der Waals surface area contributed by atoms with Crippen LogP contribution in [0.25, 0.3) is 0 Å². The number of benzene rings is 1. The Morgan fingerprint density at radius 2 is 2.24 bits per heavy atom. The van der Waals surface area contributed by atoms with Gasteiger partial charge in [0.25, 0.3) is 5.91 Å². The van der Waals surface area contributed by atoms with E-state index < -0.39 is 0 Å². The number of rotatable bonds is 3. The molecule has 0 heterocycles. The number of aliphatic hydroxyl groups excluding tert-OH is 1. The molecule has 1 fully saturated rings. The molecule has 92 valence electrons. The van der Waals surface area contributed by atoms with E-state index in [1.54, 1.807) is 24.1 Å². The quantitative estimate of drug-likeness (QED) is 0.805. The van der Waals surface area contributed by atoms with E-state index >= 15 is 0 Å². The lowest BCUT2D eigenvalue weighted by atomic mass is 9.82. The zero-order valence-electron chi connectivity index (χ0n) is 9.84. The van der Waals surface area contributed by atoms with E-state index in [0.29, 0.717) is 18.0 Å². The largest absolute Gasteiger partial charge is 0.393 e. The zero-order valence-corrected chi connectivity index (χ0v) is 10.7. The monoisotopic (exact) mass is 251 g/mol. The third kappa shape index (κ3) is 3.01. The Morgan fingerprint density at radius 3 is 2.82 bits per heavy atom. The van der Waals surface area contributed by atoms with E-state index in [9.17, 15) is 9.90 Å². The first-order valence-electron chi connectivity index (χ1n) is 5.79. The SMILES string of the molecule is CN(CC1CC(O)C1)C(=O)c1cccc(S)c1. The van der Waals surface area contributed by atoms with Crippen molar-refractivity contribution in [2.45, 2.75) is 23.8 Å². The summed E-state index contributed by atoms with van der Waals surface area (Å²) in [5, 5.41) is 9.21. The smallest absolute Gasteiger partial charge is 0.253 e.